The van der Waals surface area contributed by atoms with Gasteiger partial charge in [-0.05, 0) is 42.1 Å². The highest BCUT2D eigenvalue weighted by atomic mass is 32.2. The normalized spacial score (nSPS) is 11.4. The predicted octanol–water partition coefficient (Wildman–Crippen LogP) is 3.29. The fourth-order valence-corrected chi connectivity index (χ4v) is 4.29. The second-order valence-electron chi connectivity index (χ2n) is 5.42. The van der Waals surface area contributed by atoms with Crippen LogP contribution in [0.25, 0.3) is 0 Å². The van der Waals surface area contributed by atoms with E-state index in [-0.39, 0.29) is 28.1 Å². The summed E-state index contributed by atoms with van der Waals surface area (Å²) in [5.41, 5.74) is 0. The molecule has 5 nitrogen and oxygen atoms in total. The number of hydrogen-bond donors (Lipinski definition) is 1. The topological polar surface area (TPSA) is 76.4 Å². The lowest BCUT2D eigenvalue weighted by molar-refractivity contribution is 0.0925. The molecule has 1 aromatic carbocycles. The van der Waals surface area contributed by atoms with Crippen LogP contribution < -0.4 is 5.32 Å². The zero-order chi connectivity index (χ0) is 17.7. The summed E-state index contributed by atoms with van der Waals surface area (Å²) < 4.78 is 30.1. The molecule has 0 bridgehead atoms. The Morgan fingerprint density at radius 2 is 1.84 bits per heavy atom. The van der Waals surface area contributed by atoms with E-state index in [0.717, 1.165) is 6.42 Å². The number of rotatable bonds is 7. The van der Waals surface area contributed by atoms with Crippen molar-refractivity contribution in [3.63, 3.8) is 0 Å². The fourth-order valence-electron chi connectivity index (χ4n) is 2.32. The highest BCUT2D eigenvalue weighted by Crippen LogP contribution is 2.18. The first-order valence-corrected chi connectivity index (χ1v) is 10.2. The van der Waals surface area contributed by atoms with Crippen molar-refractivity contribution in [3.05, 3.63) is 76.4 Å². The Kier molecular flexibility index (Phi) is 5.35. The highest BCUT2D eigenvalue weighted by Gasteiger charge is 2.19. The number of furan rings is 1. The molecule has 7 heteroatoms. The summed E-state index contributed by atoms with van der Waals surface area (Å²) in [6, 6.07) is 15.2. The molecule has 130 valence electrons. The molecule has 0 aliphatic heterocycles. The molecule has 2 heterocycles. The fraction of sp³-hybridized carbons (Fsp3) is 0.167. The van der Waals surface area contributed by atoms with Crippen molar-refractivity contribution >= 4 is 27.1 Å². The van der Waals surface area contributed by atoms with Gasteiger partial charge < -0.3 is 9.73 Å². The molecule has 3 aromatic rings. The zero-order valence-electron chi connectivity index (χ0n) is 13.3. The third kappa shape index (κ3) is 4.58. The van der Waals surface area contributed by atoms with E-state index >= 15 is 0 Å². The minimum Gasteiger partial charge on any atom is -0.455 e. The first kappa shape index (κ1) is 17.4. The van der Waals surface area contributed by atoms with Crippen molar-refractivity contribution in [1.82, 2.24) is 5.32 Å². The van der Waals surface area contributed by atoms with Crippen molar-refractivity contribution < 1.29 is 17.6 Å². The molecule has 0 aliphatic rings. The largest absolute Gasteiger partial charge is 0.455 e. The lowest BCUT2D eigenvalue weighted by Crippen LogP contribution is -2.25. The van der Waals surface area contributed by atoms with Crippen LogP contribution in [-0.2, 0) is 22.0 Å². The predicted molar refractivity (Wildman–Crippen MR) is 96.4 cm³/mol. The van der Waals surface area contributed by atoms with Gasteiger partial charge in [0.15, 0.2) is 15.6 Å². The van der Waals surface area contributed by atoms with Gasteiger partial charge >= 0.3 is 0 Å². The zero-order valence-corrected chi connectivity index (χ0v) is 15.0. The van der Waals surface area contributed by atoms with Gasteiger partial charge in [0, 0.05) is 11.4 Å². The van der Waals surface area contributed by atoms with Crippen molar-refractivity contribution in [3.8, 4) is 0 Å². The number of thiophene rings is 1. The molecule has 1 N–H and O–H groups in total. The number of sulfone groups is 1. The Bertz CT molecular complexity index is 929. The summed E-state index contributed by atoms with van der Waals surface area (Å²) in [6.07, 6.45) is 0.749. The van der Waals surface area contributed by atoms with E-state index in [0.29, 0.717) is 6.54 Å². The van der Waals surface area contributed by atoms with Crippen LogP contribution in [-0.4, -0.2) is 20.9 Å². The second kappa shape index (κ2) is 7.67. The van der Waals surface area contributed by atoms with Crippen LogP contribution in [0.3, 0.4) is 0 Å². The maximum atomic E-state index is 12.3. The third-order valence-corrected chi connectivity index (χ3v) is 6.15. The number of benzene rings is 1. The van der Waals surface area contributed by atoms with E-state index in [1.807, 2.05) is 17.5 Å². The number of hydrogen-bond acceptors (Lipinski definition) is 5. The Labute approximate surface area is 150 Å². The Morgan fingerprint density at radius 3 is 2.56 bits per heavy atom. The average molecular weight is 375 g/mol. The maximum absolute atomic E-state index is 12.3. The smallest absolute Gasteiger partial charge is 0.287 e. The summed E-state index contributed by atoms with van der Waals surface area (Å²) in [5.74, 6) is -0.268. The molecule has 0 spiro atoms. The SMILES string of the molecule is O=C(NCCc1cccs1)c1ccc(CS(=O)(=O)c2ccccc2)o1. The summed E-state index contributed by atoms with van der Waals surface area (Å²) in [7, 11) is -3.50. The summed E-state index contributed by atoms with van der Waals surface area (Å²) in [4.78, 5) is 13.5. The standard InChI is InChI=1S/C18H17NO4S2/c20-18(19-11-10-15-5-4-12-24-15)17-9-8-14(23-17)13-25(21,22)16-6-2-1-3-7-16/h1-9,12H,10-11,13H2,(H,19,20). The molecule has 0 aliphatic carbocycles. The van der Waals surface area contributed by atoms with Gasteiger partial charge in [-0.1, -0.05) is 24.3 Å². The van der Waals surface area contributed by atoms with E-state index < -0.39 is 9.84 Å². The van der Waals surface area contributed by atoms with Crippen LogP contribution in [0, 0.1) is 0 Å². The van der Waals surface area contributed by atoms with Gasteiger partial charge in [0.2, 0.25) is 0 Å². The minimum atomic E-state index is -3.50. The van der Waals surface area contributed by atoms with E-state index in [1.165, 1.54) is 29.1 Å². The van der Waals surface area contributed by atoms with Gasteiger partial charge in [0.1, 0.15) is 11.5 Å². The van der Waals surface area contributed by atoms with Gasteiger partial charge in [-0.15, -0.1) is 11.3 Å². The Balaban J connectivity index is 1.59. The number of carbonyl (C=O) groups excluding carboxylic acids is 1. The van der Waals surface area contributed by atoms with Crippen LogP contribution in [0.1, 0.15) is 21.2 Å². The van der Waals surface area contributed by atoms with E-state index in [1.54, 1.807) is 29.5 Å². The van der Waals surface area contributed by atoms with Gasteiger partial charge in [0.05, 0.1) is 4.90 Å². The van der Waals surface area contributed by atoms with Gasteiger partial charge in [-0.2, -0.15) is 0 Å². The Hall–Kier alpha value is -2.38. The third-order valence-electron chi connectivity index (χ3n) is 3.56. The molecule has 1 amide bonds. The molecular weight excluding hydrogens is 358 g/mol. The first-order valence-electron chi connectivity index (χ1n) is 7.72. The van der Waals surface area contributed by atoms with E-state index in [9.17, 15) is 13.2 Å². The van der Waals surface area contributed by atoms with Gasteiger partial charge in [-0.25, -0.2) is 8.42 Å². The van der Waals surface area contributed by atoms with E-state index in [2.05, 4.69) is 5.32 Å². The average Bonchev–Trinajstić information content (AvgIpc) is 3.27. The number of nitrogens with one attached hydrogen (secondary N) is 1. The van der Waals surface area contributed by atoms with E-state index in [4.69, 9.17) is 4.42 Å². The van der Waals surface area contributed by atoms with Crippen molar-refractivity contribution in [2.75, 3.05) is 6.54 Å². The van der Waals surface area contributed by atoms with Crippen LogP contribution in [0.4, 0.5) is 0 Å². The molecular formula is C18H17NO4S2. The molecule has 3 rings (SSSR count). The Morgan fingerprint density at radius 1 is 1.04 bits per heavy atom. The lowest BCUT2D eigenvalue weighted by atomic mass is 10.3. The summed E-state index contributed by atoms with van der Waals surface area (Å²) >= 11 is 1.64. The van der Waals surface area contributed by atoms with Crippen LogP contribution in [0.5, 0.6) is 0 Å². The summed E-state index contributed by atoms with van der Waals surface area (Å²) in [5, 5.41) is 4.76. The van der Waals surface area contributed by atoms with Gasteiger partial charge in [0.25, 0.3) is 5.91 Å². The van der Waals surface area contributed by atoms with Crippen LogP contribution >= 0.6 is 11.3 Å². The quantitative estimate of drug-likeness (QED) is 0.687. The number of carbonyl (C=O) groups is 1. The van der Waals surface area contributed by atoms with Crippen LogP contribution in [0.15, 0.2) is 69.3 Å². The van der Waals surface area contributed by atoms with Gasteiger partial charge in [-0.3, -0.25) is 4.79 Å². The van der Waals surface area contributed by atoms with Crippen molar-refractivity contribution in [2.24, 2.45) is 0 Å². The molecule has 0 atom stereocenters. The monoisotopic (exact) mass is 375 g/mol. The highest BCUT2D eigenvalue weighted by molar-refractivity contribution is 7.90. The number of amides is 1. The molecule has 0 radical (unpaired) electrons. The maximum Gasteiger partial charge on any atom is 0.287 e. The molecule has 2 aromatic heterocycles. The molecule has 0 saturated carbocycles. The lowest BCUT2D eigenvalue weighted by Gasteiger charge is -2.03. The molecule has 0 fully saturated rings. The first-order chi connectivity index (χ1) is 12.0. The minimum absolute atomic E-state index is 0.115. The summed E-state index contributed by atoms with van der Waals surface area (Å²) in [6.45, 7) is 0.498. The second-order valence-corrected chi connectivity index (χ2v) is 8.45. The molecule has 0 unspecified atom stereocenters. The van der Waals surface area contributed by atoms with Crippen molar-refractivity contribution in [1.29, 1.82) is 0 Å². The molecule has 0 saturated heterocycles. The van der Waals surface area contributed by atoms with Crippen molar-refractivity contribution in [2.45, 2.75) is 17.1 Å². The molecule has 25 heavy (non-hydrogen) atoms. The van der Waals surface area contributed by atoms with Crippen LogP contribution in [0.2, 0.25) is 0 Å².